The van der Waals surface area contributed by atoms with Crippen LogP contribution in [0, 0.1) is 0 Å². The maximum atomic E-state index is 5.90. The molecule has 1 aromatic carbocycles. The molecular weight excluding hydrogens is 267 g/mol. The largest absolute Gasteiger partial charge is 0.418 e. The third kappa shape index (κ3) is 2.66. The predicted molar refractivity (Wildman–Crippen MR) is 64.1 cm³/mol. The fourth-order valence-electron chi connectivity index (χ4n) is 1.03. The number of benzene rings is 1. The van der Waals surface area contributed by atoms with Crippen LogP contribution in [0.5, 0.6) is 5.75 Å². The van der Waals surface area contributed by atoms with Crippen molar-refractivity contribution in [3.8, 4) is 5.75 Å². The minimum Gasteiger partial charge on any atom is -0.408 e. The average Bonchev–Trinajstić information content (AvgIpc) is 2.29. The second-order valence-corrected chi connectivity index (χ2v) is 3.89. The van der Waals surface area contributed by atoms with Crippen LogP contribution in [0.1, 0.15) is 0 Å². The zero-order chi connectivity index (χ0) is 12.4. The Balaban J connectivity index is 2.15. The van der Waals surface area contributed by atoms with E-state index >= 15 is 0 Å². The summed E-state index contributed by atoms with van der Waals surface area (Å²) >= 11 is 11.7. The number of halogens is 2. The first kappa shape index (κ1) is 11.7. The van der Waals surface area contributed by atoms with Crippen LogP contribution in [0.4, 0.5) is 0 Å². The van der Waals surface area contributed by atoms with Gasteiger partial charge in [0.05, 0.1) is 5.02 Å². The molecule has 90 valence electrons. The summed E-state index contributed by atoms with van der Waals surface area (Å²) in [6.45, 7) is 0. The van der Waals surface area contributed by atoms with Gasteiger partial charge in [-0.15, -0.1) is 0 Å². The number of nitrogens with zero attached hydrogens (tertiary/aromatic N) is 1. The molecule has 0 amide bonds. The Labute approximate surface area is 107 Å². The van der Waals surface area contributed by atoms with E-state index in [4.69, 9.17) is 44.1 Å². The lowest BCUT2D eigenvalue weighted by molar-refractivity contribution is 0.282. The van der Waals surface area contributed by atoms with Crippen molar-refractivity contribution in [2.24, 2.45) is 16.6 Å². The van der Waals surface area contributed by atoms with E-state index in [-0.39, 0.29) is 17.8 Å². The van der Waals surface area contributed by atoms with Gasteiger partial charge in [-0.3, -0.25) is 5.43 Å². The van der Waals surface area contributed by atoms with E-state index in [9.17, 15) is 0 Å². The molecular formula is C9H8Cl2N4O2. The monoisotopic (exact) mass is 274 g/mol. The highest BCUT2D eigenvalue weighted by Gasteiger charge is 2.16. The molecule has 1 aliphatic rings. The van der Waals surface area contributed by atoms with Gasteiger partial charge in [-0.2, -0.15) is 0 Å². The van der Waals surface area contributed by atoms with Crippen molar-refractivity contribution in [3.05, 3.63) is 39.9 Å². The first-order valence-electron chi connectivity index (χ1n) is 4.46. The summed E-state index contributed by atoms with van der Waals surface area (Å²) in [5, 5.41) is 4.52. The molecule has 0 radical (unpaired) electrons. The second kappa shape index (κ2) is 4.60. The van der Waals surface area contributed by atoms with E-state index in [0.717, 1.165) is 0 Å². The minimum atomic E-state index is -0.124. The van der Waals surface area contributed by atoms with Crippen LogP contribution in [-0.2, 0) is 4.74 Å². The Morgan fingerprint density at radius 2 is 2.06 bits per heavy atom. The smallest absolute Gasteiger partial charge is 0.408 e. The van der Waals surface area contributed by atoms with Gasteiger partial charge >= 0.3 is 6.08 Å². The molecule has 2 rings (SSSR count). The first-order valence-corrected chi connectivity index (χ1v) is 5.21. The summed E-state index contributed by atoms with van der Waals surface area (Å²) in [5.74, 6) is 0.371. The highest BCUT2D eigenvalue weighted by atomic mass is 35.5. The van der Waals surface area contributed by atoms with E-state index in [2.05, 4.69) is 10.5 Å². The number of hydrazone groups is 1. The number of ether oxygens (including phenoxy) is 2. The summed E-state index contributed by atoms with van der Waals surface area (Å²) < 4.78 is 10.3. The SMILES string of the molecule is NC1=C(N)OC(Oc2cc(Cl)ccc2Cl)=NN1. The van der Waals surface area contributed by atoms with Crippen molar-refractivity contribution in [3.63, 3.8) is 0 Å². The van der Waals surface area contributed by atoms with Crippen LogP contribution >= 0.6 is 23.2 Å². The van der Waals surface area contributed by atoms with Gasteiger partial charge in [0.15, 0.2) is 11.6 Å². The van der Waals surface area contributed by atoms with Gasteiger partial charge < -0.3 is 20.9 Å². The third-order valence-corrected chi connectivity index (χ3v) is 2.37. The number of hydrogen-bond acceptors (Lipinski definition) is 6. The lowest BCUT2D eigenvalue weighted by atomic mass is 10.3. The maximum Gasteiger partial charge on any atom is 0.418 e. The molecule has 0 spiro atoms. The number of nitrogens with one attached hydrogen (secondary N) is 1. The van der Waals surface area contributed by atoms with Gasteiger partial charge in [-0.05, 0) is 12.1 Å². The predicted octanol–water partition coefficient (Wildman–Crippen LogP) is 1.31. The molecule has 0 atom stereocenters. The van der Waals surface area contributed by atoms with Gasteiger partial charge in [-0.25, -0.2) is 0 Å². The van der Waals surface area contributed by atoms with Crippen LogP contribution in [0.3, 0.4) is 0 Å². The summed E-state index contributed by atoms with van der Waals surface area (Å²) in [7, 11) is 0. The van der Waals surface area contributed by atoms with Crippen molar-refractivity contribution in [2.75, 3.05) is 0 Å². The van der Waals surface area contributed by atoms with Crippen molar-refractivity contribution in [1.82, 2.24) is 5.43 Å². The second-order valence-electron chi connectivity index (χ2n) is 3.05. The lowest BCUT2D eigenvalue weighted by Crippen LogP contribution is -2.32. The third-order valence-electron chi connectivity index (χ3n) is 1.82. The summed E-state index contributed by atoms with van der Waals surface area (Å²) in [6.07, 6.45) is -0.124. The van der Waals surface area contributed by atoms with Gasteiger partial charge in [0.2, 0.25) is 5.88 Å². The minimum absolute atomic E-state index is 0.0341. The standard InChI is InChI=1S/C9H8Cl2N4O2/c10-4-1-2-5(11)6(3-4)16-9-15-14-7(12)8(13)17-9/h1-3,14H,12-13H2. The Morgan fingerprint density at radius 3 is 2.76 bits per heavy atom. The van der Waals surface area contributed by atoms with Crippen molar-refractivity contribution in [2.45, 2.75) is 0 Å². The Kier molecular flexibility index (Phi) is 3.16. The van der Waals surface area contributed by atoms with Crippen LogP contribution in [0.25, 0.3) is 0 Å². The molecule has 0 saturated carbocycles. The van der Waals surface area contributed by atoms with E-state index in [1.54, 1.807) is 12.1 Å². The molecule has 0 unspecified atom stereocenters. The Hall–Kier alpha value is -1.79. The van der Waals surface area contributed by atoms with Gasteiger partial charge in [0.25, 0.3) is 0 Å². The Bertz CT molecular complexity index is 516. The van der Waals surface area contributed by atoms with Crippen LogP contribution in [0.15, 0.2) is 35.0 Å². The highest BCUT2D eigenvalue weighted by Crippen LogP contribution is 2.28. The van der Waals surface area contributed by atoms with E-state index in [1.807, 2.05) is 0 Å². The Morgan fingerprint density at radius 1 is 1.29 bits per heavy atom. The topological polar surface area (TPSA) is 94.9 Å². The zero-order valence-corrected chi connectivity index (χ0v) is 9.92. The molecule has 0 bridgehead atoms. The van der Waals surface area contributed by atoms with Crippen molar-refractivity contribution >= 4 is 29.3 Å². The average molecular weight is 275 g/mol. The van der Waals surface area contributed by atoms with Gasteiger partial charge in [0.1, 0.15) is 0 Å². The zero-order valence-electron chi connectivity index (χ0n) is 8.41. The molecule has 0 aliphatic carbocycles. The van der Waals surface area contributed by atoms with Crippen LogP contribution in [-0.4, -0.2) is 6.08 Å². The summed E-state index contributed by atoms with van der Waals surface area (Å²) in [5.41, 5.74) is 13.3. The fraction of sp³-hybridized carbons (Fsp3) is 0. The molecule has 1 aliphatic heterocycles. The van der Waals surface area contributed by atoms with Crippen molar-refractivity contribution in [1.29, 1.82) is 0 Å². The van der Waals surface area contributed by atoms with E-state index in [1.165, 1.54) is 6.07 Å². The molecule has 8 heteroatoms. The van der Waals surface area contributed by atoms with Crippen LogP contribution < -0.4 is 21.6 Å². The molecule has 1 aromatic rings. The molecule has 0 aromatic heterocycles. The fourth-order valence-corrected chi connectivity index (χ4v) is 1.34. The summed E-state index contributed by atoms with van der Waals surface area (Å²) in [4.78, 5) is 0. The number of nitrogens with two attached hydrogens (primary N) is 2. The number of rotatable bonds is 1. The molecule has 0 saturated heterocycles. The molecule has 5 N–H and O–H groups in total. The van der Waals surface area contributed by atoms with E-state index < -0.39 is 0 Å². The molecule has 0 fully saturated rings. The highest BCUT2D eigenvalue weighted by molar-refractivity contribution is 6.34. The van der Waals surface area contributed by atoms with Crippen LogP contribution in [0.2, 0.25) is 10.0 Å². The van der Waals surface area contributed by atoms with Crippen molar-refractivity contribution < 1.29 is 9.47 Å². The summed E-state index contributed by atoms with van der Waals surface area (Å²) in [6, 6.07) is 4.74. The maximum absolute atomic E-state index is 5.90. The quantitative estimate of drug-likeness (QED) is 0.718. The molecule has 6 nitrogen and oxygen atoms in total. The first-order chi connectivity index (χ1) is 8.06. The van der Waals surface area contributed by atoms with Gasteiger partial charge in [-0.1, -0.05) is 28.3 Å². The molecule has 1 heterocycles. The lowest BCUT2D eigenvalue weighted by Gasteiger charge is -2.16. The van der Waals surface area contributed by atoms with Gasteiger partial charge in [0, 0.05) is 11.1 Å². The van der Waals surface area contributed by atoms with E-state index in [0.29, 0.717) is 15.8 Å². The molecule has 17 heavy (non-hydrogen) atoms. The normalized spacial score (nSPS) is 14.8. The number of hydrogen-bond donors (Lipinski definition) is 3.